The van der Waals surface area contributed by atoms with Crippen LogP contribution in [0.25, 0.3) is 0 Å². The summed E-state index contributed by atoms with van der Waals surface area (Å²) in [6, 6.07) is -0.534. The van der Waals surface area contributed by atoms with Gasteiger partial charge in [-0.1, -0.05) is 13.8 Å². The Bertz CT molecular complexity index is 404. The summed E-state index contributed by atoms with van der Waals surface area (Å²) in [6.07, 6.45) is 4.03. The van der Waals surface area contributed by atoms with E-state index in [1.807, 2.05) is 32.8 Å². The van der Waals surface area contributed by atoms with Gasteiger partial charge in [0.15, 0.2) is 0 Å². The molecule has 0 aliphatic carbocycles. The summed E-state index contributed by atoms with van der Waals surface area (Å²) in [4.78, 5) is 21.3. The quantitative estimate of drug-likeness (QED) is 0.770. The fourth-order valence-corrected chi connectivity index (χ4v) is 1.65. The highest BCUT2D eigenvalue weighted by atomic mass is 16.4. The first-order chi connectivity index (χ1) is 8.90. The van der Waals surface area contributed by atoms with E-state index in [2.05, 4.69) is 15.3 Å². The second-order valence-corrected chi connectivity index (χ2v) is 5.19. The van der Waals surface area contributed by atoms with Crippen molar-refractivity contribution in [2.45, 2.75) is 32.9 Å². The monoisotopic (exact) mass is 266 g/mol. The molecular weight excluding hydrogens is 244 g/mol. The van der Waals surface area contributed by atoms with E-state index in [9.17, 15) is 4.79 Å². The molecule has 0 unspecified atom stereocenters. The minimum absolute atomic E-state index is 0.334. The minimum Gasteiger partial charge on any atom is -0.480 e. The van der Waals surface area contributed by atoms with E-state index in [0.717, 1.165) is 5.56 Å². The third kappa shape index (κ3) is 5.21. The van der Waals surface area contributed by atoms with E-state index in [1.54, 1.807) is 12.4 Å². The molecule has 1 heterocycles. The van der Waals surface area contributed by atoms with E-state index in [1.165, 1.54) is 0 Å². The van der Waals surface area contributed by atoms with Crippen LogP contribution >= 0.6 is 0 Å². The van der Waals surface area contributed by atoms with Gasteiger partial charge in [0.2, 0.25) is 5.95 Å². The Kier molecular flexibility index (Phi) is 5.69. The number of aromatic nitrogens is 2. The molecule has 6 nitrogen and oxygen atoms in total. The van der Waals surface area contributed by atoms with Crippen molar-refractivity contribution in [2.75, 3.05) is 19.0 Å². The molecule has 1 aromatic heterocycles. The maximum atomic E-state index is 11.1. The van der Waals surface area contributed by atoms with Crippen LogP contribution in [0.4, 0.5) is 5.95 Å². The van der Waals surface area contributed by atoms with Crippen LogP contribution < -0.4 is 10.2 Å². The van der Waals surface area contributed by atoms with Gasteiger partial charge in [-0.3, -0.25) is 4.79 Å². The average molecular weight is 266 g/mol. The summed E-state index contributed by atoms with van der Waals surface area (Å²) >= 11 is 0. The molecule has 0 aliphatic heterocycles. The Balaban J connectivity index is 2.56. The van der Waals surface area contributed by atoms with Crippen molar-refractivity contribution in [1.29, 1.82) is 0 Å². The van der Waals surface area contributed by atoms with Gasteiger partial charge in [-0.25, -0.2) is 9.97 Å². The number of hydrogen-bond donors (Lipinski definition) is 2. The van der Waals surface area contributed by atoms with Crippen LogP contribution in [0.15, 0.2) is 12.4 Å². The zero-order valence-corrected chi connectivity index (χ0v) is 11.9. The molecule has 0 saturated carbocycles. The second kappa shape index (κ2) is 7.04. The van der Waals surface area contributed by atoms with Gasteiger partial charge in [-0.2, -0.15) is 0 Å². The van der Waals surface area contributed by atoms with Crippen molar-refractivity contribution in [1.82, 2.24) is 15.3 Å². The van der Waals surface area contributed by atoms with Crippen molar-refractivity contribution in [3.05, 3.63) is 18.0 Å². The van der Waals surface area contributed by atoms with Gasteiger partial charge in [-0.05, 0) is 12.3 Å². The molecule has 0 bridgehead atoms. The number of nitrogens with zero attached hydrogens (tertiary/aromatic N) is 3. The van der Waals surface area contributed by atoms with Crippen LogP contribution in [-0.2, 0) is 11.3 Å². The molecule has 2 N–H and O–H groups in total. The van der Waals surface area contributed by atoms with Crippen LogP contribution in [0.2, 0.25) is 0 Å². The fraction of sp³-hybridized carbons (Fsp3) is 0.615. The van der Waals surface area contributed by atoms with Gasteiger partial charge in [0, 0.05) is 38.6 Å². The predicted molar refractivity (Wildman–Crippen MR) is 74.1 cm³/mol. The third-order valence-corrected chi connectivity index (χ3v) is 2.65. The molecular formula is C13H22N4O2. The highest BCUT2D eigenvalue weighted by Crippen LogP contribution is 2.07. The molecule has 6 heteroatoms. The van der Waals surface area contributed by atoms with Crippen molar-refractivity contribution in [3.63, 3.8) is 0 Å². The summed E-state index contributed by atoms with van der Waals surface area (Å²) in [5.74, 6) is 0.154. The number of aliphatic carboxylic acids is 1. The summed E-state index contributed by atoms with van der Waals surface area (Å²) in [7, 11) is 3.74. The van der Waals surface area contributed by atoms with Gasteiger partial charge in [0.25, 0.3) is 0 Å². The molecule has 0 spiro atoms. The van der Waals surface area contributed by atoms with Crippen molar-refractivity contribution >= 4 is 11.9 Å². The van der Waals surface area contributed by atoms with Gasteiger partial charge in [0.1, 0.15) is 6.04 Å². The van der Waals surface area contributed by atoms with E-state index in [4.69, 9.17) is 5.11 Å². The third-order valence-electron chi connectivity index (χ3n) is 2.65. The van der Waals surface area contributed by atoms with Gasteiger partial charge in [-0.15, -0.1) is 0 Å². The van der Waals surface area contributed by atoms with E-state index in [-0.39, 0.29) is 0 Å². The lowest BCUT2D eigenvalue weighted by molar-refractivity contribution is -0.140. The minimum atomic E-state index is -0.820. The van der Waals surface area contributed by atoms with Gasteiger partial charge in [0.05, 0.1) is 0 Å². The zero-order valence-electron chi connectivity index (χ0n) is 11.9. The Hall–Kier alpha value is -1.69. The first-order valence-corrected chi connectivity index (χ1v) is 6.34. The molecule has 0 radical (unpaired) electrons. The van der Waals surface area contributed by atoms with Crippen molar-refractivity contribution in [3.8, 4) is 0 Å². The highest BCUT2D eigenvalue weighted by molar-refractivity contribution is 5.73. The van der Waals surface area contributed by atoms with Crippen LogP contribution in [-0.4, -0.2) is 41.2 Å². The topological polar surface area (TPSA) is 78.4 Å². The molecule has 1 aromatic rings. The normalized spacial score (nSPS) is 12.5. The van der Waals surface area contributed by atoms with Crippen molar-refractivity contribution < 1.29 is 9.90 Å². The number of rotatable bonds is 7. The number of carbonyl (C=O) groups is 1. The largest absolute Gasteiger partial charge is 0.480 e. The maximum Gasteiger partial charge on any atom is 0.320 e. The maximum absolute atomic E-state index is 11.1. The first-order valence-electron chi connectivity index (χ1n) is 6.34. The fourth-order valence-electron chi connectivity index (χ4n) is 1.65. The highest BCUT2D eigenvalue weighted by Gasteiger charge is 2.18. The molecule has 1 rings (SSSR count). The number of carboxylic acids is 1. The van der Waals surface area contributed by atoms with E-state index in [0.29, 0.717) is 24.8 Å². The Morgan fingerprint density at radius 1 is 1.37 bits per heavy atom. The molecule has 19 heavy (non-hydrogen) atoms. The number of anilines is 1. The standard InChI is InChI=1S/C13H22N4O2/c1-9(2)5-11(12(18)19)14-6-10-7-15-13(16-8-10)17(3)4/h7-9,11,14H,5-6H2,1-4H3,(H,18,19)/t11-/m1/s1. The predicted octanol–water partition coefficient (Wildman–Crippen LogP) is 1.13. The van der Waals surface area contributed by atoms with Crippen LogP contribution in [0, 0.1) is 5.92 Å². The van der Waals surface area contributed by atoms with Gasteiger partial charge >= 0.3 is 5.97 Å². The number of nitrogens with one attached hydrogen (secondary N) is 1. The summed E-state index contributed by atoms with van der Waals surface area (Å²) < 4.78 is 0. The smallest absolute Gasteiger partial charge is 0.320 e. The molecule has 0 aromatic carbocycles. The Morgan fingerprint density at radius 2 is 1.95 bits per heavy atom. The molecule has 0 amide bonds. The van der Waals surface area contributed by atoms with Crippen LogP contribution in [0.3, 0.4) is 0 Å². The summed E-state index contributed by atoms with van der Waals surface area (Å²) in [5.41, 5.74) is 0.876. The molecule has 106 valence electrons. The molecule has 0 saturated heterocycles. The van der Waals surface area contributed by atoms with E-state index >= 15 is 0 Å². The number of carboxylic acid groups (broad SMARTS) is 1. The average Bonchev–Trinajstić information content (AvgIpc) is 2.34. The number of hydrogen-bond acceptors (Lipinski definition) is 5. The van der Waals surface area contributed by atoms with E-state index < -0.39 is 12.0 Å². The first kappa shape index (κ1) is 15.4. The summed E-state index contributed by atoms with van der Waals surface area (Å²) in [5, 5.41) is 12.1. The van der Waals surface area contributed by atoms with Crippen LogP contribution in [0.5, 0.6) is 0 Å². The second-order valence-electron chi connectivity index (χ2n) is 5.19. The lowest BCUT2D eigenvalue weighted by atomic mass is 10.0. The Morgan fingerprint density at radius 3 is 2.37 bits per heavy atom. The lowest BCUT2D eigenvalue weighted by Gasteiger charge is -2.16. The Labute approximate surface area is 113 Å². The molecule has 0 aliphatic rings. The van der Waals surface area contributed by atoms with Gasteiger partial charge < -0.3 is 15.3 Å². The zero-order chi connectivity index (χ0) is 14.4. The van der Waals surface area contributed by atoms with Crippen molar-refractivity contribution in [2.24, 2.45) is 5.92 Å². The molecule has 1 atom stereocenters. The molecule has 0 fully saturated rings. The summed E-state index contributed by atoms with van der Waals surface area (Å²) in [6.45, 7) is 4.47. The lowest BCUT2D eigenvalue weighted by Crippen LogP contribution is -2.37. The van der Waals surface area contributed by atoms with Crippen LogP contribution in [0.1, 0.15) is 25.8 Å². The SMILES string of the molecule is CC(C)C[C@@H](NCc1cnc(N(C)C)nc1)C(=O)O.